The van der Waals surface area contributed by atoms with Crippen molar-refractivity contribution in [2.45, 2.75) is 25.4 Å². The van der Waals surface area contributed by atoms with Crippen LogP contribution in [0.4, 0.5) is 40.7 Å². The van der Waals surface area contributed by atoms with E-state index < -0.39 is 11.7 Å². The molecule has 35 heavy (non-hydrogen) atoms. The van der Waals surface area contributed by atoms with E-state index in [1.807, 2.05) is 0 Å². The van der Waals surface area contributed by atoms with E-state index >= 15 is 0 Å². The van der Waals surface area contributed by atoms with Gasteiger partial charge in [-0.05, 0) is 26.3 Å². The number of alkyl halides is 3. The molecule has 0 atom stereocenters. The molecule has 2 saturated heterocycles. The van der Waals surface area contributed by atoms with Gasteiger partial charge in [0.15, 0.2) is 5.13 Å². The summed E-state index contributed by atoms with van der Waals surface area (Å²) in [6.07, 6.45) is -2.14. The summed E-state index contributed by atoms with van der Waals surface area (Å²) in [4.78, 5) is 30.3. The van der Waals surface area contributed by atoms with Gasteiger partial charge in [0.25, 0.3) is 0 Å². The largest absolute Gasteiger partial charge is 0.449 e. The number of likely N-dealkylation sites (N-methyl/N-ethyl adjacent to an activating group) is 1. The molecule has 0 aliphatic carbocycles. The quantitative estimate of drug-likeness (QED) is 0.513. The van der Waals surface area contributed by atoms with Gasteiger partial charge in [-0.3, -0.25) is 0 Å². The monoisotopic (exact) mass is 514 g/mol. The molecule has 14 heteroatoms. The van der Waals surface area contributed by atoms with E-state index in [0.29, 0.717) is 31.9 Å². The van der Waals surface area contributed by atoms with Crippen LogP contribution in [-0.2, 0) is 10.9 Å². The molecule has 1 amide bonds. The molecule has 2 aliphatic rings. The molecular weight excluding hydrogens is 485 g/mol. The number of carbonyl (C=O) groups is 1. The average Bonchev–Trinajstić information content (AvgIpc) is 3.18. The van der Waals surface area contributed by atoms with Crippen LogP contribution in [0.5, 0.6) is 0 Å². The normalized spacial score (nSPS) is 17.8. The highest BCUT2D eigenvalue weighted by molar-refractivity contribution is 7.14. The molecule has 2 aromatic rings. The van der Waals surface area contributed by atoms with E-state index in [-0.39, 0.29) is 24.4 Å². The molecule has 2 N–H and O–H groups in total. The van der Waals surface area contributed by atoms with E-state index in [2.05, 4.69) is 42.4 Å². The van der Waals surface area contributed by atoms with Crippen molar-refractivity contribution in [3.05, 3.63) is 17.1 Å². The molecule has 0 bridgehead atoms. The molecular formula is C21H29F3N8O2S. The smallest absolute Gasteiger partial charge is 0.421 e. The highest BCUT2D eigenvalue weighted by Crippen LogP contribution is 2.34. The second kappa shape index (κ2) is 11.2. The van der Waals surface area contributed by atoms with Crippen molar-refractivity contribution < 1.29 is 22.7 Å². The van der Waals surface area contributed by atoms with Crippen LogP contribution in [0.2, 0.25) is 0 Å². The Labute approximate surface area is 205 Å². The third-order valence-electron chi connectivity index (χ3n) is 5.80. The van der Waals surface area contributed by atoms with Crippen molar-refractivity contribution in [1.29, 1.82) is 0 Å². The maximum Gasteiger partial charge on any atom is 0.421 e. The van der Waals surface area contributed by atoms with E-state index in [4.69, 9.17) is 4.74 Å². The predicted octanol–water partition coefficient (Wildman–Crippen LogP) is 3.48. The number of hydrogen-bond acceptors (Lipinski definition) is 10. The van der Waals surface area contributed by atoms with Crippen molar-refractivity contribution >= 4 is 40.1 Å². The minimum absolute atomic E-state index is 0.0202. The summed E-state index contributed by atoms with van der Waals surface area (Å²) in [6.45, 7) is 5.18. The Morgan fingerprint density at radius 2 is 1.94 bits per heavy atom. The standard InChI is InChI=1S/C21H29F3N8O2S/c1-30-8-10-31(11-9-30)19-28-16(14-35-19)27-18-26-13-15(21(22,23)24)17(29-18)25-5-4-7-32-6-2-3-12-34-20(32)33/h13-14H,2-12H2,1H3,(H2,25,26,27,29). The van der Waals surface area contributed by atoms with Crippen LogP contribution < -0.4 is 15.5 Å². The number of ether oxygens (including phenoxy) is 1. The second-order valence-electron chi connectivity index (χ2n) is 8.47. The summed E-state index contributed by atoms with van der Waals surface area (Å²) in [7, 11) is 2.07. The highest BCUT2D eigenvalue weighted by Gasteiger charge is 2.35. The van der Waals surface area contributed by atoms with Gasteiger partial charge in [-0.2, -0.15) is 18.2 Å². The van der Waals surface area contributed by atoms with Gasteiger partial charge in [0.1, 0.15) is 17.2 Å². The first-order valence-corrected chi connectivity index (χ1v) is 12.4. The van der Waals surface area contributed by atoms with Crippen molar-refractivity contribution in [1.82, 2.24) is 24.8 Å². The Morgan fingerprint density at radius 3 is 2.71 bits per heavy atom. The van der Waals surface area contributed by atoms with Gasteiger partial charge in [-0.1, -0.05) is 0 Å². The molecule has 2 aliphatic heterocycles. The number of rotatable bonds is 8. The molecule has 0 radical (unpaired) electrons. The minimum Gasteiger partial charge on any atom is -0.449 e. The number of nitrogens with one attached hydrogen (secondary N) is 2. The Kier molecular flexibility index (Phi) is 8.11. The fourth-order valence-electron chi connectivity index (χ4n) is 3.79. The summed E-state index contributed by atoms with van der Waals surface area (Å²) in [5.74, 6) is 0.184. The number of cyclic esters (lactones) is 1. The summed E-state index contributed by atoms with van der Waals surface area (Å²) < 4.78 is 45.6. The number of hydrogen-bond donors (Lipinski definition) is 2. The molecule has 4 heterocycles. The van der Waals surface area contributed by atoms with Crippen molar-refractivity contribution in [3.63, 3.8) is 0 Å². The van der Waals surface area contributed by atoms with Gasteiger partial charge >= 0.3 is 12.3 Å². The number of piperazine rings is 1. The highest BCUT2D eigenvalue weighted by atomic mass is 32.1. The van der Waals surface area contributed by atoms with Gasteiger partial charge in [-0.15, -0.1) is 11.3 Å². The van der Waals surface area contributed by atoms with Crippen LogP contribution in [0.3, 0.4) is 0 Å². The van der Waals surface area contributed by atoms with Crippen molar-refractivity contribution in [3.8, 4) is 0 Å². The Bertz CT molecular complexity index is 997. The summed E-state index contributed by atoms with van der Waals surface area (Å²) in [6, 6.07) is 0. The number of halogens is 3. The van der Waals surface area contributed by atoms with E-state index in [1.54, 1.807) is 10.3 Å². The van der Waals surface area contributed by atoms with Gasteiger partial charge in [0.05, 0.1) is 6.61 Å². The van der Waals surface area contributed by atoms with Crippen LogP contribution >= 0.6 is 11.3 Å². The predicted molar refractivity (Wildman–Crippen MR) is 127 cm³/mol. The lowest BCUT2D eigenvalue weighted by molar-refractivity contribution is -0.137. The fraction of sp³-hybridized carbons (Fsp3) is 0.619. The number of thiazole rings is 1. The molecule has 0 aromatic carbocycles. The van der Waals surface area contributed by atoms with Crippen LogP contribution in [0.1, 0.15) is 24.8 Å². The molecule has 2 fully saturated rings. The molecule has 192 valence electrons. The van der Waals surface area contributed by atoms with Gasteiger partial charge in [-0.25, -0.2) is 14.8 Å². The minimum atomic E-state index is -4.61. The molecule has 10 nitrogen and oxygen atoms in total. The summed E-state index contributed by atoms with van der Waals surface area (Å²) >= 11 is 1.46. The van der Waals surface area contributed by atoms with Crippen LogP contribution in [-0.4, -0.2) is 90.3 Å². The number of nitrogens with zero attached hydrogens (tertiary/aromatic N) is 6. The average molecular weight is 515 g/mol. The van der Waals surface area contributed by atoms with Gasteiger partial charge < -0.3 is 30.1 Å². The van der Waals surface area contributed by atoms with Crippen molar-refractivity contribution in [2.24, 2.45) is 0 Å². The lowest BCUT2D eigenvalue weighted by atomic mass is 10.3. The number of amides is 1. The maximum atomic E-state index is 13.5. The SMILES string of the molecule is CN1CCN(c2nc(Nc3ncc(C(F)(F)F)c(NCCCN4CCCCOC4=O)n3)cs2)CC1. The molecule has 4 rings (SSSR count). The molecule has 2 aromatic heterocycles. The Balaban J connectivity index is 1.38. The van der Waals surface area contributed by atoms with E-state index in [0.717, 1.165) is 50.3 Å². The zero-order chi connectivity index (χ0) is 24.8. The Hall–Kier alpha value is -2.87. The van der Waals surface area contributed by atoms with Crippen molar-refractivity contribution in [2.75, 3.05) is 75.0 Å². The lowest BCUT2D eigenvalue weighted by Gasteiger charge is -2.32. The number of anilines is 4. The first-order valence-electron chi connectivity index (χ1n) is 11.6. The fourth-order valence-corrected chi connectivity index (χ4v) is 4.60. The first kappa shape index (κ1) is 25.2. The zero-order valence-electron chi connectivity index (χ0n) is 19.5. The molecule has 0 unspecified atom stereocenters. The topological polar surface area (TPSA) is 98.8 Å². The molecule has 0 spiro atoms. The van der Waals surface area contributed by atoms with Crippen LogP contribution in [0.25, 0.3) is 0 Å². The first-order chi connectivity index (χ1) is 16.8. The van der Waals surface area contributed by atoms with E-state index in [9.17, 15) is 18.0 Å². The maximum absolute atomic E-state index is 13.5. The second-order valence-corrected chi connectivity index (χ2v) is 9.31. The zero-order valence-corrected chi connectivity index (χ0v) is 20.3. The van der Waals surface area contributed by atoms with Crippen LogP contribution in [0, 0.1) is 0 Å². The Morgan fingerprint density at radius 1 is 1.14 bits per heavy atom. The third kappa shape index (κ3) is 6.84. The third-order valence-corrected chi connectivity index (χ3v) is 6.70. The van der Waals surface area contributed by atoms with Crippen LogP contribution in [0.15, 0.2) is 11.6 Å². The summed E-state index contributed by atoms with van der Waals surface area (Å²) in [5.41, 5.74) is -0.950. The molecule has 0 saturated carbocycles. The van der Waals surface area contributed by atoms with E-state index in [1.165, 1.54) is 11.3 Å². The lowest BCUT2D eigenvalue weighted by Crippen LogP contribution is -2.44. The number of carbonyl (C=O) groups excluding carboxylic acids is 1. The van der Waals surface area contributed by atoms with Gasteiger partial charge in [0, 0.05) is 57.4 Å². The van der Waals surface area contributed by atoms with Gasteiger partial charge in [0.2, 0.25) is 5.95 Å². The number of aromatic nitrogens is 3. The summed E-state index contributed by atoms with van der Waals surface area (Å²) in [5, 5.41) is 8.30.